The Bertz CT molecular complexity index is 1080. The first-order valence-electron chi connectivity index (χ1n) is 12.9. The third kappa shape index (κ3) is 5.61. The average molecular weight is 482 g/mol. The van der Waals surface area contributed by atoms with E-state index in [1.807, 2.05) is 0 Å². The molecule has 3 aliphatic rings. The van der Waals surface area contributed by atoms with Crippen molar-refractivity contribution in [2.24, 2.45) is 11.8 Å². The topological polar surface area (TPSA) is 45.1 Å². The van der Waals surface area contributed by atoms with Gasteiger partial charge in [0.25, 0.3) is 5.92 Å². The summed E-state index contributed by atoms with van der Waals surface area (Å²) in [6.45, 7) is 15.5. The zero-order valence-electron chi connectivity index (χ0n) is 20.7. The van der Waals surface area contributed by atoms with Crippen LogP contribution in [0.25, 0.3) is 5.70 Å². The number of allylic oxidation sites excluding steroid dienone is 1. The molecule has 2 aromatic rings. The van der Waals surface area contributed by atoms with E-state index in [1.165, 1.54) is 11.1 Å². The summed E-state index contributed by atoms with van der Waals surface area (Å²) in [5.74, 6) is -0.732. The highest BCUT2D eigenvalue weighted by Gasteiger charge is 2.45. The average Bonchev–Trinajstić information content (AvgIpc) is 3.25. The molecule has 1 fully saturated rings. The summed E-state index contributed by atoms with van der Waals surface area (Å²) < 4.78 is 28.5. The monoisotopic (exact) mass is 481 g/mol. The zero-order chi connectivity index (χ0) is 24.6. The number of hydrogen-bond acceptors (Lipinski definition) is 4. The highest BCUT2D eigenvalue weighted by Crippen LogP contribution is 2.38. The normalized spacial score (nSPS) is 22.4. The Morgan fingerprint density at radius 2 is 1.97 bits per heavy atom. The molecule has 0 spiro atoms. The van der Waals surface area contributed by atoms with Crippen LogP contribution >= 0.6 is 0 Å². The van der Waals surface area contributed by atoms with Gasteiger partial charge in [0.2, 0.25) is 0 Å². The van der Waals surface area contributed by atoms with Gasteiger partial charge in [-0.25, -0.2) is 13.8 Å². The molecule has 1 saturated carbocycles. The highest BCUT2D eigenvalue weighted by atomic mass is 19.3. The predicted molar refractivity (Wildman–Crippen MR) is 136 cm³/mol. The Labute approximate surface area is 207 Å². The van der Waals surface area contributed by atoms with E-state index in [4.69, 9.17) is 4.98 Å². The summed E-state index contributed by atoms with van der Waals surface area (Å²) in [5, 5.41) is 6.73. The van der Waals surface area contributed by atoms with Crippen LogP contribution in [0, 0.1) is 11.8 Å². The van der Waals surface area contributed by atoms with Crippen LogP contribution < -0.4 is 10.6 Å². The van der Waals surface area contributed by atoms with Crippen LogP contribution in [0.4, 0.5) is 8.78 Å². The summed E-state index contributed by atoms with van der Waals surface area (Å²) >= 11 is 0. The molecule has 5 rings (SSSR count). The van der Waals surface area contributed by atoms with E-state index in [1.54, 1.807) is 0 Å². The van der Waals surface area contributed by atoms with Crippen molar-refractivity contribution in [2.45, 2.75) is 64.1 Å². The summed E-state index contributed by atoms with van der Waals surface area (Å²) in [5.41, 5.74) is 5.55. The first kappa shape index (κ1) is 24.0. The highest BCUT2D eigenvalue weighted by molar-refractivity contribution is 5.57. The van der Waals surface area contributed by atoms with Crippen molar-refractivity contribution >= 4 is 5.70 Å². The number of aromatic nitrogens is 2. The first-order valence-corrected chi connectivity index (χ1v) is 12.9. The Morgan fingerprint density at radius 1 is 1.20 bits per heavy atom. The quantitative estimate of drug-likeness (QED) is 0.550. The maximum Gasteiger partial charge on any atom is 0.252 e. The predicted octanol–water partition coefficient (Wildman–Crippen LogP) is 4.60. The maximum atomic E-state index is 13.1. The standard InChI is InChI=1S/C28H37F2N5/c1-19(15-34-11-10-22-6-4-5-7-24(22)16-34)14-31-21(3)26-18-35-17-23(8-9-27(35)33-26)20(2)32-25-12-28(29,30)13-25/h4-7,18-19,23,25,31-32H,2-3,8-17H2,1H3. The van der Waals surface area contributed by atoms with E-state index in [0.717, 1.165) is 74.9 Å². The number of fused-ring (bicyclic) bond motifs is 2. The third-order valence-electron chi connectivity index (χ3n) is 7.72. The van der Waals surface area contributed by atoms with Gasteiger partial charge < -0.3 is 15.2 Å². The molecule has 0 saturated heterocycles. The summed E-state index contributed by atoms with van der Waals surface area (Å²) in [7, 11) is 0. The Kier molecular flexibility index (Phi) is 6.71. The van der Waals surface area contributed by atoms with Gasteiger partial charge in [-0.3, -0.25) is 4.90 Å². The van der Waals surface area contributed by atoms with E-state index in [-0.39, 0.29) is 24.8 Å². The van der Waals surface area contributed by atoms with Crippen LogP contribution in [-0.2, 0) is 25.9 Å². The van der Waals surface area contributed by atoms with E-state index < -0.39 is 5.92 Å². The minimum absolute atomic E-state index is 0.0891. The van der Waals surface area contributed by atoms with E-state index in [0.29, 0.717) is 5.92 Å². The van der Waals surface area contributed by atoms with Crippen LogP contribution in [0.5, 0.6) is 0 Å². The SMILES string of the molecule is C=C(NCC(C)CN1CCc2ccccc2C1)c1cn2c(n1)CCC(C(=C)NC1CC(F)(F)C1)C2. The molecular weight excluding hydrogens is 444 g/mol. The second kappa shape index (κ2) is 9.76. The first-order chi connectivity index (χ1) is 16.8. The molecular formula is C28H37F2N5. The van der Waals surface area contributed by atoms with Crippen molar-refractivity contribution in [3.8, 4) is 0 Å². The summed E-state index contributed by atoms with van der Waals surface area (Å²) in [4.78, 5) is 7.35. The Hall–Kier alpha value is -2.67. The number of imidazole rings is 1. The van der Waals surface area contributed by atoms with Gasteiger partial charge in [-0.1, -0.05) is 44.3 Å². The molecule has 0 bridgehead atoms. The van der Waals surface area contributed by atoms with Crippen LogP contribution in [0.1, 0.15) is 48.8 Å². The molecule has 5 nitrogen and oxygen atoms in total. The van der Waals surface area contributed by atoms with Gasteiger partial charge in [-0.15, -0.1) is 0 Å². The molecule has 0 amide bonds. The molecule has 188 valence electrons. The molecule has 1 aromatic carbocycles. The fourth-order valence-electron chi connectivity index (χ4n) is 5.62. The molecule has 1 aliphatic carbocycles. The third-order valence-corrected chi connectivity index (χ3v) is 7.72. The van der Waals surface area contributed by atoms with Crippen LogP contribution in [-0.4, -0.2) is 46.0 Å². The van der Waals surface area contributed by atoms with Crippen molar-refractivity contribution in [2.75, 3.05) is 19.6 Å². The van der Waals surface area contributed by atoms with Crippen LogP contribution in [0.15, 0.2) is 49.3 Å². The molecule has 3 heterocycles. The molecule has 0 radical (unpaired) electrons. The lowest BCUT2D eigenvalue weighted by atomic mass is 9.86. The fraction of sp³-hybridized carbons (Fsp3) is 0.536. The van der Waals surface area contributed by atoms with Gasteiger partial charge in [-0.05, 0) is 29.9 Å². The van der Waals surface area contributed by atoms with Gasteiger partial charge in [0, 0.05) is 75.8 Å². The lowest BCUT2D eigenvalue weighted by molar-refractivity contribution is -0.0911. The molecule has 2 aliphatic heterocycles. The summed E-state index contributed by atoms with van der Waals surface area (Å²) in [6.07, 6.45) is 4.79. The Balaban J connectivity index is 1.08. The smallest absolute Gasteiger partial charge is 0.252 e. The van der Waals surface area contributed by atoms with Gasteiger partial charge in [0.1, 0.15) is 11.5 Å². The maximum absolute atomic E-state index is 13.1. The van der Waals surface area contributed by atoms with Crippen molar-refractivity contribution in [1.29, 1.82) is 0 Å². The van der Waals surface area contributed by atoms with E-state index in [9.17, 15) is 8.78 Å². The number of hydrogen-bond donors (Lipinski definition) is 2. The van der Waals surface area contributed by atoms with Gasteiger partial charge in [-0.2, -0.15) is 0 Å². The molecule has 7 heteroatoms. The number of nitrogens with one attached hydrogen (secondary N) is 2. The molecule has 2 N–H and O–H groups in total. The van der Waals surface area contributed by atoms with Gasteiger partial charge >= 0.3 is 0 Å². The molecule has 2 atom stereocenters. The number of benzene rings is 1. The Morgan fingerprint density at radius 3 is 2.74 bits per heavy atom. The van der Waals surface area contributed by atoms with Gasteiger partial charge in [0.15, 0.2) is 0 Å². The number of halogens is 2. The largest absolute Gasteiger partial charge is 0.385 e. The number of rotatable bonds is 9. The zero-order valence-corrected chi connectivity index (χ0v) is 20.7. The van der Waals surface area contributed by atoms with Crippen LogP contribution in [0.3, 0.4) is 0 Å². The number of nitrogens with zero attached hydrogens (tertiary/aromatic N) is 3. The van der Waals surface area contributed by atoms with Gasteiger partial charge in [0.05, 0.1) is 5.70 Å². The molecule has 1 aromatic heterocycles. The minimum atomic E-state index is -2.51. The van der Waals surface area contributed by atoms with Crippen molar-refractivity contribution in [1.82, 2.24) is 25.1 Å². The minimum Gasteiger partial charge on any atom is -0.385 e. The number of aryl methyl sites for hydroxylation is 1. The molecule has 35 heavy (non-hydrogen) atoms. The second-order valence-electron chi connectivity index (χ2n) is 10.8. The second-order valence-corrected chi connectivity index (χ2v) is 10.8. The number of alkyl halides is 2. The van der Waals surface area contributed by atoms with Crippen LogP contribution in [0.2, 0.25) is 0 Å². The van der Waals surface area contributed by atoms with E-state index in [2.05, 4.69) is 70.6 Å². The van der Waals surface area contributed by atoms with Crippen molar-refractivity contribution in [3.05, 3.63) is 72.0 Å². The lowest BCUT2D eigenvalue weighted by Crippen LogP contribution is -2.49. The van der Waals surface area contributed by atoms with E-state index >= 15 is 0 Å². The fourth-order valence-corrected chi connectivity index (χ4v) is 5.62. The lowest BCUT2D eigenvalue weighted by Gasteiger charge is -2.38. The van der Waals surface area contributed by atoms with Crippen molar-refractivity contribution in [3.63, 3.8) is 0 Å². The summed E-state index contributed by atoms with van der Waals surface area (Å²) in [6, 6.07) is 8.60. The molecule has 2 unspecified atom stereocenters. The van der Waals surface area contributed by atoms with Crippen molar-refractivity contribution < 1.29 is 8.78 Å².